The number of rotatable bonds is 6. The monoisotopic (exact) mass is 460 g/mol. The van der Waals surface area contributed by atoms with Crippen LogP contribution < -0.4 is 10.1 Å². The lowest BCUT2D eigenvalue weighted by atomic mass is 9.84. The van der Waals surface area contributed by atoms with Gasteiger partial charge in [-0.25, -0.2) is 18.0 Å². The van der Waals surface area contributed by atoms with E-state index in [1.165, 1.54) is 9.20 Å². The van der Waals surface area contributed by atoms with Crippen molar-refractivity contribution >= 4 is 22.5 Å². The predicted octanol–water partition coefficient (Wildman–Crippen LogP) is 3.36. The van der Waals surface area contributed by atoms with E-state index in [0.717, 1.165) is 6.20 Å². The van der Waals surface area contributed by atoms with Gasteiger partial charge in [-0.1, -0.05) is 11.3 Å². The number of aryl methyl sites for hydroxylation is 1. The van der Waals surface area contributed by atoms with Crippen LogP contribution in [-0.2, 0) is 6.54 Å². The van der Waals surface area contributed by atoms with Gasteiger partial charge >= 0.3 is 0 Å². The maximum atomic E-state index is 15.3. The number of nitrogens with zero attached hydrogens (tertiary/aromatic N) is 6. The van der Waals surface area contributed by atoms with Gasteiger partial charge in [0, 0.05) is 6.04 Å². The van der Waals surface area contributed by atoms with Crippen molar-refractivity contribution in [3.63, 3.8) is 0 Å². The lowest BCUT2D eigenvalue weighted by Crippen LogP contribution is -2.36. The Kier molecular flexibility index (Phi) is 4.51. The van der Waals surface area contributed by atoms with Crippen LogP contribution in [0.5, 0.6) is 5.88 Å². The first-order chi connectivity index (χ1) is 17.0. The zero-order valence-electron chi connectivity index (χ0n) is 20.9. The highest BCUT2D eigenvalue weighted by Gasteiger charge is 2.29. The molecule has 0 spiro atoms. The third kappa shape index (κ3) is 3.97. The average molecular weight is 461 g/mol. The Morgan fingerprint density at radius 3 is 2.94 bits per heavy atom. The second-order valence-electron chi connectivity index (χ2n) is 8.61. The molecular formula is C22H25F2N7O2. The number of alkyl halides is 1. The van der Waals surface area contributed by atoms with Crippen molar-refractivity contribution in [1.82, 2.24) is 29.6 Å². The first-order valence-electron chi connectivity index (χ1n) is 12.2. The second-order valence-corrected chi connectivity index (χ2v) is 8.61. The molecule has 0 radical (unpaired) electrons. The first-order valence-corrected chi connectivity index (χ1v) is 10.7. The molecule has 0 unspecified atom stereocenters. The molecule has 1 saturated carbocycles. The summed E-state index contributed by atoms with van der Waals surface area (Å²) in [4.78, 5) is 4.28. The Hall–Kier alpha value is -3.34. The van der Waals surface area contributed by atoms with Gasteiger partial charge in [-0.3, -0.25) is 0 Å². The Bertz CT molecular complexity index is 1410. The van der Waals surface area contributed by atoms with E-state index in [-0.39, 0.29) is 35.5 Å². The van der Waals surface area contributed by atoms with Gasteiger partial charge in [-0.2, -0.15) is 4.98 Å². The molecule has 0 amide bonds. The van der Waals surface area contributed by atoms with Crippen LogP contribution in [0.1, 0.15) is 36.7 Å². The third-order valence-electron chi connectivity index (χ3n) is 6.14. The molecule has 0 bridgehead atoms. The quantitative estimate of drug-likeness (QED) is 0.455. The summed E-state index contributed by atoms with van der Waals surface area (Å²) >= 11 is 0. The number of aliphatic hydroxyl groups is 1. The smallest absolute Gasteiger partial charge is 0.244 e. The Labute approximate surface area is 192 Å². The van der Waals surface area contributed by atoms with Crippen molar-refractivity contribution in [2.75, 3.05) is 19.0 Å². The Balaban J connectivity index is 1.59. The van der Waals surface area contributed by atoms with Crippen LogP contribution in [0.2, 0.25) is 0 Å². The van der Waals surface area contributed by atoms with Gasteiger partial charge in [0.2, 0.25) is 11.8 Å². The van der Waals surface area contributed by atoms with Crippen LogP contribution in [0, 0.1) is 5.82 Å². The lowest BCUT2D eigenvalue weighted by Gasteiger charge is -2.33. The first kappa shape index (κ1) is 18.1. The minimum absolute atomic E-state index is 0.0128. The minimum Gasteiger partial charge on any atom is -0.479 e. The van der Waals surface area contributed by atoms with E-state index in [4.69, 9.17) is 8.85 Å². The molecule has 11 heteroatoms. The van der Waals surface area contributed by atoms with Gasteiger partial charge in [-0.05, 0) is 50.3 Å². The summed E-state index contributed by atoms with van der Waals surface area (Å²) in [6, 6.07) is 4.78. The molecule has 1 aliphatic rings. The minimum atomic E-state index is -2.85. The Morgan fingerprint density at radius 1 is 1.36 bits per heavy atom. The number of nitrogens with one attached hydrogen (secondary N) is 1. The highest BCUT2D eigenvalue weighted by Crippen LogP contribution is 2.36. The van der Waals surface area contributed by atoms with E-state index in [2.05, 4.69) is 25.7 Å². The summed E-state index contributed by atoms with van der Waals surface area (Å²) in [6.07, 6.45) is 3.62. The molecule has 1 aromatic carbocycles. The molecule has 3 aromatic heterocycles. The molecule has 3 heterocycles. The summed E-state index contributed by atoms with van der Waals surface area (Å²) in [7, 11) is -2.85. The maximum Gasteiger partial charge on any atom is 0.244 e. The number of benzene rings is 1. The van der Waals surface area contributed by atoms with Crippen LogP contribution in [0.3, 0.4) is 0 Å². The van der Waals surface area contributed by atoms with Gasteiger partial charge in [-0.15, -0.1) is 10.2 Å². The highest BCUT2D eigenvalue weighted by molar-refractivity contribution is 5.89. The zero-order valence-corrected chi connectivity index (χ0v) is 17.9. The molecule has 2 N–H and O–H groups in total. The number of methoxy groups -OCH3 is 1. The number of halogens is 2. The molecule has 9 nitrogen and oxygen atoms in total. The van der Waals surface area contributed by atoms with E-state index < -0.39 is 25.1 Å². The molecule has 1 aliphatic carbocycles. The fraction of sp³-hybridized carbons (Fsp3) is 0.455. The van der Waals surface area contributed by atoms with Crippen molar-refractivity contribution in [2.24, 2.45) is 0 Å². The number of hydrogen-bond acceptors (Lipinski definition) is 7. The predicted molar refractivity (Wildman–Crippen MR) is 118 cm³/mol. The zero-order chi connectivity index (χ0) is 25.7. The van der Waals surface area contributed by atoms with Crippen molar-refractivity contribution in [3.05, 3.63) is 30.2 Å². The lowest BCUT2D eigenvalue weighted by molar-refractivity contribution is 0.0195. The van der Waals surface area contributed by atoms with E-state index >= 15 is 4.39 Å². The summed E-state index contributed by atoms with van der Waals surface area (Å²) in [6.45, 7) is 1.13. The van der Waals surface area contributed by atoms with Gasteiger partial charge < -0.3 is 15.2 Å². The summed E-state index contributed by atoms with van der Waals surface area (Å²) in [5.74, 6) is -0.908. The average Bonchev–Trinajstić information content (AvgIpc) is 3.34. The van der Waals surface area contributed by atoms with Crippen LogP contribution in [0.15, 0.2) is 24.4 Å². The summed E-state index contributed by atoms with van der Waals surface area (Å²) in [5.41, 5.74) is 0.708. The van der Waals surface area contributed by atoms with Gasteiger partial charge in [0.05, 0.1) is 40.6 Å². The summed E-state index contributed by atoms with van der Waals surface area (Å²) in [5, 5.41) is 25.6. The van der Waals surface area contributed by atoms with E-state index in [9.17, 15) is 9.50 Å². The van der Waals surface area contributed by atoms with Crippen LogP contribution >= 0.6 is 0 Å². The van der Waals surface area contributed by atoms with Gasteiger partial charge in [0.15, 0.2) is 5.82 Å². The second kappa shape index (κ2) is 8.22. The van der Waals surface area contributed by atoms with E-state index in [1.54, 1.807) is 25.1 Å². The number of anilines is 1. The molecule has 0 saturated heterocycles. The largest absolute Gasteiger partial charge is 0.479 e. The van der Waals surface area contributed by atoms with Gasteiger partial charge in [0.1, 0.15) is 17.7 Å². The molecule has 33 heavy (non-hydrogen) atoms. The topological polar surface area (TPSA) is 102 Å². The van der Waals surface area contributed by atoms with E-state index in [1.807, 2.05) is 0 Å². The standard InChI is InChI=1S/C22H25F2N7O2/c1-22(32)7-5-14(6-8-22)25-21-26-20(33-2)19-18(15(24)12-31(19)28-21)13-3-4-16-17(11-13)30(10-9-23)29-27-16/h3-4,11-12,14,32H,5-10H2,1-2H3,(H,25,28)/i2D3. The number of ether oxygens (including phenoxy) is 1. The summed E-state index contributed by atoms with van der Waals surface area (Å²) < 4.78 is 58.8. The van der Waals surface area contributed by atoms with Crippen molar-refractivity contribution < 1.29 is 22.7 Å². The highest BCUT2D eigenvalue weighted by atomic mass is 19.1. The molecule has 4 aromatic rings. The number of fused-ring (bicyclic) bond motifs is 2. The van der Waals surface area contributed by atoms with Crippen molar-refractivity contribution in [2.45, 2.75) is 50.8 Å². The van der Waals surface area contributed by atoms with E-state index in [0.29, 0.717) is 42.3 Å². The molecular weight excluding hydrogens is 432 g/mol. The number of hydrogen-bond donors (Lipinski definition) is 2. The molecule has 0 aliphatic heterocycles. The molecule has 1 fully saturated rings. The SMILES string of the molecule is [2H]C([2H])([2H])Oc1nc(NC2CCC(C)(O)CC2)nn2cc(F)c(-c3ccc4nnn(CCF)c4c3)c12. The van der Waals surface area contributed by atoms with Crippen molar-refractivity contribution in [3.8, 4) is 17.0 Å². The van der Waals surface area contributed by atoms with Crippen LogP contribution in [-0.4, -0.2) is 60.1 Å². The van der Waals surface area contributed by atoms with Crippen LogP contribution in [0.4, 0.5) is 14.7 Å². The number of aromatic nitrogens is 6. The Morgan fingerprint density at radius 2 is 2.18 bits per heavy atom. The fourth-order valence-corrected chi connectivity index (χ4v) is 4.36. The normalized spacial score (nSPS) is 22.8. The fourth-order valence-electron chi connectivity index (χ4n) is 4.36. The van der Waals surface area contributed by atoms with Gasteiger partial charge in [0.25, 0.3) is 0 Å². The third-order valence-corrected chi connectivity index (χ3v) is 6.14. The molecule has 174 valence electrons. The maximum absolute atomic E-state index is 15.3. The molecule has 5 rings (SSSR count). The van der Waals surface area contributed by atoms with Crippen molar-refractivity contribution in [1.29, 1.82) is 0 Å². The van der Waals surface area contributed by atoms with Crippen LogP contribution in [0.25, 0.3) is 27.7 Å². The molecule has 0 atom stereocenters.